The van der Waals surface area contributed by atoms with Crippen molar-refractivity contribution in [3.63, 3.8) is 0 Å². The highest BCUT2D eigenvalue weighted by molar-refractivity contribution is 5.78. The van der Waals surface area contributed by atoms with Gasteiger partial charge in [0.05, 0.1) is 6.54 Å². The molecule has 25 heavy (non-hydrogen) atoms. The normalized spacial score (nSPS) is 17.7. The first kappa shape index (κ1) is 17.5. The van der Waals surface area contributed by atoms with Crippen LogP contribution in [0.4, 0.5) is 4.39 Å². The largest absolute Gasteiger partial charge is 0.343 e. The van der Waals surface area contributed by atoms with E-state index in [-0.39, 0.29) is 11.7 Å². The molecule has 1 fully saturated rings. The number of halogens is 1. The number of amides is 1. The molecule has 0 radical (unpaired) electrons. The molecule has 0 saturated carbocycles. The smallest absolute Gasteiger partial charge is 0.240 e. The summed E-state index contributed by atoms with van der Waals surface area (Å²) in [7, 11) is 1.98. The molecule has 2 aromatic rings. The summed E-state index contributed by atoms with van der Waals surface area (Å²) in [6, 6.07) is 6.38. The highest BCUT2D eigenvalue weighted by atomic mass is 19.1. The Kier molecular flexibility index (Phi) is 5.43. The third-order valence-electron chi connectivity index (χ3n) is 4.41. The van der Waals surface area contributed by atoms with E-state index in [1.165, 1.54) is 12.1 Å². The minimum atomic E-state index is -0.270. The van der Waals surface area contributed by atoms with Crippen molar-refractivity contribution in [3.05, 3.63) is 47.4 Å². The van der Waals surface area contributed by atoms with Crippen LogP contribution in [0.1, 0.15) is 30.6 Å². The number of aromatic nitrogens is 2. The van der Waals surface area contributed by atoms with Crippen LogP contribution in [0.3, 0.4) is 0 Å². The summed E-state index contributed by atoms with van der Waals surface area (Å²) < 4.78 is 18.5. The Balaban J connectivity index is 1.52. The number of hydrogen-bond donors (Lipinski definition) is 0. The predicted octanol–water partition coefficient (Wildman–Crippen LogP) is 2.10. The number of benzene rings is 1. The summed E-state index contributed by atoms with van der Waals surface area (Å²) in [5.74, 6) is 1.38. The van der Waals surface area contributed by atoms with Gasteiger partial charge in [0.15, 0.2) is 5.82 Å². The molecule has 6 nitrogen and oxygen atoms in total. The molecular weight excluding hydrogens is 323 g/mol. The molecule has 1 atom stereocenters. The van der Waals surface area contributed by atoms with E-state index in [2.05, 4.69) is 15.0 Å². The van der Waals surface area contributed by atoms with Gasteiger partial charge in [-0.15, -0.1) is 0 Å². The second kappa shape index (κ2) is 7.74. The topological polar surface area (TPSA) is 62.5 Å². The second-order valence-electron chi connectivity index (χ2n) is 6.61. The Hall–Kier alpha value is -2.28. The summed E-state index contributed by atoms with van der Waals surface area (Å²) in [4.78, 5) is 20.2. The number of likely N-dealkylation sites (tertiary alicyclic amines) is 1. The molecule has 0 N–H and O–H groups in total. The number of hydrogen-bond acceptors (Lipinski definition) is 5. The number of carbonyl (C=O) groups is 1. The Labute approximate surface area is 146 Å². The van der Waals surface area contributed by atoms with Crippen LogP contribution in [0.2, 0.25) is 0 Å². The maximum absolute atomic E-state index is 13.2. The maximum atomic E-state index is 13.2. The molecule has 2 heterocycles. The summed E-state index contributed by atoms with van der Waals surface area (Å²) in [6.45, 7) is 4.93. The standard InChI is InChI=1S/C18H23FN4O2/c1-3-23-11-14(9-18(23)24)10-22(2)12-17-20-16(21-25-17)8-13-5-4-6-15(19)7-13/h4-7,14H,3,8-12H2,1-2H3/t14-/m0/s1. The van der Waals surface area contributed by atoms with Crippen molar-refractivity contribution in [1.29, 1.82) is 0 Å². The van der Waals surface area contributed by atoms with Gasteiger partial charge in [0, 0.05) is 32.5 Å². The van der Waals surface area contributed by atoms with E-state index >= 15 is 0 Å². The second-order valence-corrected chi connectivity index (χ2v) is 6.61. The SMILES string of the molecule is CCN1C[C@H](CN(C)Cc2nc(Cc3cccc(F)c3)no2)CC1=O. The van der Waals surface area contributed by atoms with Gasteiger partial charge in [0.25, 0.3) is 0 Å². The third-order valence-corrected chi connectivity index (χ3v) is 4.41. The van der Waals surface area contributed by atoms with E-state index in [0.717, 1.165) is 25.2 Å². The van der Waals surface area contributed by atoms with E-state index in [9.17, 15) is 9.18 Å². The molecule has 1 aromatic carbocycles. The first-order valence-corrected chi connectivity index (χ1v) is 8.55. The Bertz CT molecular complexity index is 733. The van der Waals surface area contributed by atoms with Crippen molar-refractivity contribution in [2.45, 2.75) is 26.3 Å². The minimum Gasteiger partial charge on any atom is -0.343 e. The van der Waals surface area contributed by atoms with E-state index in [0.29, 0.717) is 37.0 Å². The highest BCUT2D eigenvalue weighted by Gasteiger charge is 2.29. The number of carbonyl (C=O) groups excluding carboxylic acids is 1. The zero-order valence-electron chi connectivity index (χ0n) is 14.6. The fourth-order valence-corrected chi connectivity index (χ4v) is 3.27. The highest BCUT2D eigenvalue weighted by Crippen LogP contribution is 2.19. The van der Waals surface area contributed by atoms with Gasteiger partial charge >= 0.3 is 0 Å². The molecule has 3 rings (SSSR count). The quantitative estimate of drug-likeness (QED) is 0.768. The molecule has 7 heteroatoms. The van der Waals surface area contributed by atoms with Gasteiger partial charge in [-0.2, -0.15) is 4.98 Å². The first-order valence-electron chi connectivity index (χ1n) is 8.55. The van der Waals surface area contributed by atoms with Crippen molar-refractivity contribution in [1.82, 2.24) is 19.9 Å². The Morgan fingerprint density at radius 3 is 3.00 bits per heavy atom. The van der Waals surface area contributed by atoms with Crippen LogP contribution in [0.15, 0.2) is 28.8 Å². The number of rotatable bonds is 7. The van der Waals surface area contributed by atoms with Gasteiger partial charge in [0.1, 0.15) is 5.82 Å². The van der Waals surface area contributed by atoms with Crippen LogP contribution < -0.4 is 0 Å². The fraction of sp³-hybridized carbons (Fsp3) is 0.500. The average molecular weight is 346 g/mol. The molecule has 1 aromatic heterocycles. The molecule has 0 spiro atoms. The van der Waals surface area contributed by atoms with Crippen LogP contribution in [0.5, 0.6) is 0 Å². The summed E-state index contributed by atoms with van der Waals surface area (Å²) in [6.07, 6.45) is 1.04. The fourth-order valence-electron chi connectivity index (χ4n) is 3.27. The lowest BCUT2D eigenvalue weighted by Crippen LogP contribution is -2.28. The van der Waals surface area contributed by atoms with Gasteiger partial charge in [-0.25, -0.2) is 4.39 Å². The van der Waals surface area contributed by atoms with Gasteiger partial charge < -0.3 is 9.42 Å². The van der Waals surface area contributed by atoms with Crippen LogP contribution in [0.25, 0.3) is 0 Å². The maximum Gasteiger partial charge on any atom is 0.240 e. The zero-order chi connectivity index (χ0) is 17.8. The summed E-state index contributed by atoms with van der Waals surface area (Å²) >= 11 is 0. The third kappa shape index (κ3) is 4.63. The summed E-state index contributed by atoms with van der Waals surface area (Å²) in [5, 5.41) is 3.97. The molecule has 1 aliphatic rings. The zero-order valence-corrected chi connectivity index (χ0v) is 14.6. The van der Waals surface area contributed by atoms with Crippen molar-refractivity contribution in [3.8, 4) is 0 Å². The van der Waals surface area contributed by atoms with Gasteiger partial charge in [0.2, 0.25) is 11.8 Å². The minimum absolute atomic E-state index is 0.232. The van der Waals surface area contributed by atoms with E-state index in [1.807, 2.05) is 24.9 Å². The van der Waals surface area contributed by atoms with E-state index < -0.39 is 0 Å². The molecule has 1 amide bonds. The molecule has 0 aliphatic carbocycles. The van der Waals surface area contributed by atoms with E-state index in [4.69, 9.17) is 4.52 Å². The lowest BCUT2D eigenvalue weighted by Gasteiger charge is -2.19. The lowest BCUT2D eigenvalue weighted by molar-refractivity contribution is -0.127. The predicted molar refractivity (Wildman–Crippen MR) is 90.2 cm³/mol. The first-order chi connectivity index (χ1) is 12.0. The number of nitrogens with zero attached hydrogens (tertiary/aromatic N) is 4. The van der Waals surface area contributed by atoms with Crippen molar-refractivity contribution >= 4 is 5.91 Å². The van der Waals surface area contributed by atoms with Crippen molar-refractivity contribution < 1.29 is 13.7 Å². The molecule has 1 saturated heterocycles. The van der Waals surface area contributed by atoms with Gasteiger partial charge in [-0.1, -0.05) is 17.3 Å². The lowest BCUT2D eigenvalue weighted by atomic mass is 10.1. The molecule has 0 unspecified atom stereocenters. The Morgan fingerprint density at radius 2 is 2.28 bits per heavy atom. The van der Waals surface area contributed by atoms with Crippen molar-refractivity contribution in [2.75, 3.05) is 26.7 Å². The molecule has 1 aliphatic heterocycles. The summed E-state index contributed by atoms with van der Waals surface area (Å²) in [5.41, 5.74) is 0.810. The van der Waals surface area contributed by atoms with Crippen LogP contribution in [0, 0.1) is 11.7 Å². The molecule has 134 valence electrons. The van der Waals surface area contributed by atoms with Crippen molar-refractivity contribution in [2.24, 2.45) is 5.92 Å². The van der Waals surface area contributed by atoms with Crippen LogP contribution in [-0.2, 0) is 17.8 Å². The van der Waals surface area contributed by atoms with Gasteiger partial charge in [-0.05, 0) is 37.6 Å². The monoisotopic (exact) mass is 346 g/mol. The molecule has 0 bridgehead atoms. The molecular formula is C18H23FN4O2. The average Bonchev–Trinajstić information content (AvgIpc) is 3.13. The Morgan fingerprint density at radius 1 is 1.44 bits per heavy atom. The van der Waals surface area contributed by atoms with Crippen LogP contribution >= 0.6 is 0 Å². The van der Waals surface area contributed by atoms with E-state index in [1.54, 1.807) is 6.07 Å². The van der Waals surface area contributed by atoms with Crippen LogP contribution in [-0.4, -0.2) is 52.5 Å². The van der Waals surface area contributed by atoms with Gasteiger partial charge in [-0.3, -0.25) is 9.69 Å².